The molecule has 0 saturated heterocycles. The minimum atomic E-state index is -0.873. The van der Waals surface area contributed by atoms with Gasteiger partial charge in [-0.1, -0.05) is 0 Å². The third-order valence-corrected chi connectivity index (χ3v) is 3.49. The first-order valence-electron chi connectivity index (χ1n) is 5.12. The van der Waals surface area contributed by atoms with E-state index in [1.807, 2.05) is 26.2 Å². The smallest absolute Gasteiger partial charge is 0.345 e. The number of nitrogens with one attached hydrogen (secondary N) is 1. The van der Waals surface area contributed by atoms with Crippen LogP contribution in [0.3, 0.4) is 0 Å². The molecule has 0 bridgehead atoms. The summed E-state index contributed by atoms with van der Waals surface area (Å²) in [6.07, 6.45) is 1.85. The molecule has 2 aromatic heterocycles. The van der Waals surface area contributed by atoms with Gasteiger partial charge in [0.05, 0.1) is 0 Å². The number of thiophene rings is 1. The third kappa shape index (κ3) is 2.65. The average Bonchev–Trinajstić information content (AvgIpc) is 2.82. The highest BCUT2D eigenvalue weighted by Gasteiger charge is 2.10. The van der Waals surface area contributed by atoms with Crippen LogP contribution in [0, 0.1) is 6.92 Å². The van der Waals surface area contributed by atoms with Crippen LogP contribution in [0.25, 0.3) is 0 Å². The van der Waals surface area contributed by atoms with Gasteiger partial charge in [0.2, 0.25) is 0 Å². The van der Waals surface area contributed by atoms with Crippen LogP contribution in [0.4, 0.5) is 5.82 Å². The van der Waals surface area contributed by atoms with E-state index in [-0.39, 0.29) is 0 Å². The Morgan fingerprint density at radius 2 is 2.41 bits per heavy atom. The highest BCUT2D eigenvalue weighted by atomic mass is 32.1. The van der Waals surface area contributed by atoms with Crippen molar-refractivity contribution in [3.05, 3.63) is 33.6 Å². The predicted molar refractivity (Wildman–Crippen MR) is 66.6 cm³/mol. The highest BCUT2D eigenvalue weighted by molar-refractivity contribution is 7.14. The van der Waals surface area contributed by atoms with Crippen molar-refractivity contribution in [2.45, 2.75) is 13.5 Å². The minimum absolute atomic E-state index is 0.375. The Kier molecular flexibility index (Phi) is 3.14. The maximum Gasteiger partial charge on any atom is 0.345 e. The number of hydrogen-bond acceptors (Lipinski definition) is 4. The molecular formula is C11H13N3O2S. The van der Waals surface area contributed by atoms with Crippen molar-refractivity contribution in [2.75, 3.05) is 5.32 Å². The van der Waals surface area contributed by atoms with Gasteiger partial charge in [-0.25, -0.2) is 4.79 Å². The largest absolute Gasteiger partial charge is 0.477 e. The van der Waals surface area contributed by atoms with E-state index in [4.69, 9.17) is 5.11 Å². The Morgan fingerprint density at radius 1 is 1.65 bits per heavy atom. The van der Waals surface area contributed by atoms with E-state index < -0.39 is 5.97 Å². The number of carbonyl (C=O) groups is 1. The van der Waals surface area contributed by atoms with Crippen LogP contribution in [0.2, 0.25) is 0 Å². The molecule has 0 radical (unpaired) electrons. The van der Waals surface area contributed by atoms with Gasteiger partial charge in [-0.3, -0.25) is 4.68 Å². The zero-order valence-electron chi connectivity index (χ0n) is 9.60. The van der Waals surface area contributed by atoms with Crippen molar-refractivity contribution in [1.29, 1.82) is 0 Å². The molecule has 0 fully saturated rings. The number of carboxylic acids is 1. The molecule has 0 amide bonds. The lowest BCUT2D eigenvalue weighted by molar-refractivity contribution is 0.0702. The van der Waals surface area contributed by atoms with E-state index in [9.17, 15) is 4.79 Å². The lowest BCUT2D eigenvalue weighted by Crippen LogP contribution is -2.01. The Balaban J connectivity index is 2.06. The van der Waals surface area contributed by atoms with E-state index in [1.165, 1.54) is 11.3 Å². The van der Waals surface area contributed by atoms with E-state index in [1.54, 1.807) is 10.7 Å². The first-order chi connectivity index (χ1) is 8.06. The quantitative estimate of drug-likeness (QED) is 0.873. The summed E-state index contributed by atoms with van der Waals surface area (Å²) < 4.78 is 1.71. The van der Waals surface area contributed by atoms with Crippen LogP contribution in [-0.2, 0) is 13.6 Å². The summed E-state index contributed by atoms with van der Waals surface area (Å²) in [5, 5.41) is 16.2. The number of aromatic carboxylic acids is 1. The SMILES string of the molecule is Cc1sc(C(=O)O)cc1CNc1ccn(C)n1. The molecule has 0 aliphatic rings. The first-order valence-corrected chi connectivity index (χ1v) is 5.94. The standard InChI is InChI=1S/C11H13N3O2S/c1-7-8(5-9(17-7)11(15)16)6-12-10-3-4-14(2)13-10/h3-5H,6H2,1-2H3,(H,12,13)(H,15,16). The molecule has 0 spiro atoms. The van der Waals surface area contributed by atoms with E-state index in [0.29, 0.717) is 11.4 Å². The molecule has 90 valence electrons. The number of aromatic nitrogens is 2. The second kappa shape index (κ2) is 4.58. The Hall–Kier alpha value is -1.82. The Morgan fingerprint density at radius 3 is 2.94 bits per heavy atom. The number of rotatable bonds is 4. The summed E-state index contributed by atoms with van der Waals surface area (Å²) in [7, 11) is 1.85. The van der Waals surface area contributed by atoms with Crippen molar-refractivity contribution in [1.82, 2.24) is 9.78 Å². The third-order valence-electron chi connectivity index (χ3n) is 2.40. The van der Waals surface area contributed by atoms with E-state index in [2.05, 4.69) is 10.4 Å². The predicted octanol–water partition coefficient (Wildman–Crippen LogP) is 2.10. The van der Waals surface area contributed by atoms with Crippen molar-refractivity contribution in [3.8, 4) is 0 Å². The second-order valence-corrected chi connectivity index (χ2v) is 4.98. The number of nitrogens with zero attached hydrogens (tertiary/aromatic N) is 2. The van der Waals surface area contributed by atoms with Crippen LogP contribution < -0.4 is 5.32 Å². The summed E-state index contributed by atoms with van der Waals surface area (Å²) in [6, 6.07) is 3.58. The molecule has 2 heterocycles. The van der Waals surface area contributed by atoms with Gasteiger partial charge in [-0.05, 0) is 18.6 Å². The van der Waals surface area contributed by atoms with Crippen LogP contribution in [-0.4, -0.2) is 20.9 Å². The van der Waals surface area contributed by atoms with Gasteiger partial charge >= 0.3 is 5.97 Å². The zero-order valence-corrected chi connectivity index (χ0v) is 10.4. The van der Waals surface area contributed by atoms with Crippen molar-refractivity contribution >= 4 is 23.1 Å². The first kappa shape index (κ1) is 11.7. The Labute approximate surface area is 103 Å². The fraction of sp³-hybridized carbons (Fsp3) is 0.273. The zero-order chi connectivity index (χ0) is 12.4. The topological polar surface area (TPSA) is 67.2 Å². The molecule has 2 aromatic rings. The molecule has 2 N–H and O–H groups in total. The molecule has 17 heavy (non-hydrogen) atoms. The van der Waals surface area contributed by atoms with Gasteiger partial charge in [-0.2, -0.15) is 5.10 Å². The maximum atomic E-state index is 10.8. The Bertz CT molecular complexity index is 545. The molecular weight excluding hydrogens is 238 g/mol. The van der Waals surface area contributed by atoms with Gasteiger partial charge < -0.3 is 10.4 Å². The molecule has 0 aliphatic carbocycles. The fourth-order valence-electron chi connectivity index (χ4n) is 1.50. The van der Waals surface area contributed by atoms with Gasteiger partial charge in [0, 0.05) is 30.7 Å². The molecule has 0 saturated carbocycles. The lowest BCUT2D eigenvalue weighted by Gasteiger charge is -2.01. The van der Waals surface area contributed by atoms with Gasteiger partial charge in [0.25, 0.3) is 0 Å². The van der Waals surface area contributed by atoms with E-state index >= 15 is 0 Å². The summed E-state index contributed by atoms with van der Waals surface area (Å²) in [4.78, 5) is 12.2. The molecule has 6 heteroatoms. The average molecular weight is 251 g/mol. The number of hydrogen-bond donors (Lipinski definition) is 2. The molecule has 0 unspecified atom stereocenters. The number of aryl methyl sites for hydroxylation is 2. The van der Waals surface area contributed by atoms with Crippen molar-refractivity contribution < 1.29 is 9.90 Å². The van der Waals surface area contributed by atoms with Crippen molar-refractivity contribution in [3.63, 3.8) is 0 Å². The summed E-state index contributed by atoms with van der Waals surface area (Å²) in [5.74, 6) is -0.0860. The van der Waals surface area contributed by atoms with Crippen LogP contribution in [0.1, 0.15) is 20.1 Å². The van der Waals surface area contributed by atoms with Gasteiger partial charge in [0.15, 0.2) is 0 Å². The van der Waals surface area contributed by atoms with Crippen LogP contribution in [0.15, 0.2) is 18.3 Å². The number of anilines is 1. The minimum Gasteiger partial charge on any atom is -0.477 e. The van der Waals surface area contributed by atoms with Gasteiger partial charge in [0.1, 0.15) is 10.7 Å². The molecule has 0 aromatic carbocycles. The van der Waals surface area contributed by atoms with Crippen LogP contribution >= 0.6 is 11.3 Å². The molecule has 0 aliphatic heterocycles. The van der Waals surface area contributed by atoms with Crippen molar-refractivity contribution in [2.24, 2.45) is 7.05 Å². The maximum absolute atomic E-state index is 10.8. The van der Waals surface area contributed by atoms with E-state index in [0.717, 1.165) is 16.3 Å². The molecule has 5 nitrogen and oxygen atoms in total. The summed E-state index contributed by atoms with van der Waals surface area (Å²) >= 11 is 1.30. The summed E-state index contributed by atoms with van der Waals surface area (Å²) in [6.45, 7) is 2.51. The number of carboxylic acid groups (broad SMARTS) is 1. The monoisotopic (exact) mass is 251 g/mol. The highest BCUT2D eigenvalue weighted by Crippen LogP contribution is 2.22. The fourth-order valence-corrected chi connectivity index (χ4v) is 2.38. The summed E-state index contributed by atoms with van der Waals surface area (Å²) in [5.41, 5.74) is 0.998. The second-order valence-electron chi connectivity index (χ2n) is 3.73. The van der Waals surface area contributed by atoms with Gasteiger partial charge in [-0.15, -0.1) is 11.3 Å². The lowest BCUT2D eigenvalue weighted by atomic mass is 10.2. The molecule has 2 rings (SSSR count). The molecule has 0 atom stereocenters. The van der Waals surface area contributed by atoms with Crippen LogP contribution in [0.5, 0.6) is 0 Å². The normalized spacial score (nSPS) is 10.5.